The minimum Gasteiger partial charge on any atom is -0.396 e. The lowest BCUT2D eigenvalue weighted by molar-refractivity contribution is 0.247. The third kappa shape index (κ3) is 5.14. The van der Waals surface area contributed by atoms with Gasteiger partial charge in [-0.2, -0.15) is 0 Å². The highest BCUT2D eigenvalue weighted by Gasteiger charge is 2.19. The number of nitrogens with one attached hydrogen (secondary N) is 1. The first-order valence-electron chi connectivity index (χ1n) is 8.62. The van der Waals surface area contributed by atoms with Crippen molar-refractivity contribution in [1.29, 1.82) is 0 Å². The van der Waals surface area contributed by atoms with Crippen molar-refractivity contribution in [3.63, 3.8) is 0 Å². The first-order chi connectivity index (χ1) is 10.8. The molecule has 0 saturated carbocycles. The summed E-state index contributed by atoms with van der Waals surface area (Å²) in [4.78, 5) is 9.50. The number of hydrogen-bond donors (Lipinski definition) is 2. The van der Waals surface area contributed by atoms with Crippen LogP contribution in [0.4, 0.5) is 11.5 Å². The maximum Gasteiger partial charge on any atom is 0.152 e. The second-order valence-corrected chi connectivity index (χ2v) is 5.87. The molecule has 5 nitrogen and oxygen atoms in total. The van der Waals surface area contributed by atoms with Gasteiger partial charge in [0.2, 0.25) is 0 Å². The highest BCUT2D eigenvalue weighted by molar-refractivity contribution is 5.65. The van der Waals surface area contributed by atoms with Gasteiger partial charge in [-0.15, -0.1) is 0 Å². The molecule has 0 aromatic carbocycles. The van der Waals surface area contributed by atoms with Crippen LogP contribution in [0.1, 0.15) is 32.6 Å². The highest BCUT2D eigenvalue weighted by atomic mass is 16.2. The van der Waals surface area contributed by atoms with Gasteiger partial charge in [-0.3, -0.25) is 4.90 Å². The van der Waals surface area contributed by atoms with Gasteiger partial charge in [0, 0.05) is 45.5 Å². The van der Waals surface area contributed by atoms with Crippen molar-refractivity contribution in [2.24, 2.45) is 0 Å². The van der Waals surface area contributed by atoms with Gasteiger partial charge in [-0.25, -0.2) is 4.98 Å². The zero-order valence-electron chi connectivity index (χ0n) is 13.8. The Morgan fingerprint density at radius 3 is 2.64 bits per heavy atom. The summed E-state index contributed by atoms with van der Waals surface area (Å²) in [5.41, 5.74) is 1.14. The third-order valence-electron chi connectivity index (χ3n) is 4.21. The maximum atomic E-state index is 8.79. The molecule has 0 aliphatic carbocycles. The standard InChI is InChI=1S/C17H30N4O/c1-2-18-16-8-7-9-19-17(16)21-13-11-20(12-14-21)10-5-3-4-6-15-22/h7-9,18,22H,2-6,10-15H2,1H3. The number of nitrogens with zero attached hydrogens (tertiary/aromatic N) is 3. The van der Waals surface area contributed by atoms with Crippen molar-refractivity contribution < 1.29 is 5.11 Å². The van der Waals surface area contributed by atoms with Gasteiger partial charge in [0.15, 0.2) is 5.82 Å². The zero-order chi connectivity index (χ0) is 15.6. The average molecular weight is 306 g/mol. The molecular formula is C17H30N4O. The molecule has 1 fully saturated rings. The number of aliphatic hydroxyl groups excluding tert-OH is 1. The number of rotatable bonds is 9. The lowest BCUT2D eigenvalue weighted by Crippen LogP contribution is -2.47. The maximum absolute atomic E-state index is 8.79. The van der Waals surface area contributed by atoms with Crippen molar-refractivity contribution in [2.75, 3.05) is 56.1 Å². The smallest absolute Gasteiger partial charge is 0.152 e. The van der Waals surface area contributed by atoms with E-state index in [-0.39, 0.29) is 0 Å². The van der Waals surface area contributed by atoms with E-state index >= 15 is 0 Å². The molecular weight excluding hydrogens is 276 g/mol. The van der Waals surface area contributed by atoms with Crippen LogP contribution in [-0.2, 0) is 0 Å². The van der Waals surface area contributed by atoms with E-state index in [2.05, 4.69) is 33.1 Å². The van der Waals surface area contributed by atoms with Crippen molar-refractivity contribution in [1.82, 2.24) is 9.88 Å². The Labute approximate surface area is 134 Å². The fourth-order valence-electron chi connectivity index (χ4n) is 2.96. The van der Waals surface area contributed by atoms with E-state index in [1.54, 1.807) is 0 Å². The molecule has 22 heavy (non-hydrogen) atoms. The number of pyridine rings is 1. The van der Waals surface area contributed by atoms with E-state index in [9.17, 15) is 0 Å². The van der Waals surface area contributed by atoms with Crippen LogP contribution in [0.2, 0.25) is 0 Å². The lowest BCUT2D eigenvalue weighted by Gasteiger charge is -2.36. The normalized spacial score (nSPS) is 16.0. The van der Waals surface area contributed by atoms with Gasteiger partial charge < -0.3 is 15.3 Å². The molecule has 1 aliphatic heterocycles. The molecule has 0 amide bonds. The summed E-state index contributed by atoms with van der Waals surface area (Å²) in [5, 5.41) is 12.2. The molecule has 2 heterocycles. The van der Waals surface area contributed by atoms with Crippen molar-refractivity contribution in [2.45, 2.75) is 32.6 Å². The molecule has 0 spiro atoms. The van der Waals surface area contributed by atoms with Gasteiger partial charge in [0.05, 0.1) is 5.69 Å². The number of unbranched alkanes of at least 4 members (excludes halogenated alkanes) is 3. The monoisotopic (exact) mass is 306 g/mol. The molecule has 1 aromatic heterocycles. The van der Waals surface area contributed by atoms with Gasteiger partial charge in [-0.1, -0.05) is 12.8 Å². The summed E-state index contributed by atoms with van der Waals surface area (Å²) >= 11 is 0. The van der Waals surface area contributed by atoms with Crippen molar-refractivity contribution in [3.05, 3.63) is 18.3 Å². The Hall–Kier alpha value is -1.33. The van der Waals surface area contributed by atoms with Crippen molar-refractivity contribution >= 4 is 11.5 Å². The van der Waals surface area contributed by atoms with Crippen LogP contribution < -0.4 is 10.2 Å². The number of piperazine rings is 1. The van der Waals surface area contributed by atoms with E-state index in [1.165, 1.54) is 19.4 Å². The first kappa shape index (κ1) is 17.0. The molecule has 1 saturated heterocycles. The van der Waals surface area contributed by atoms with Crippen LogP contribution in [0.3, 0.4) is 0 Å². The van der Waals surface area contributed by atoms with Crippen LogP contribution in [0.15, 0.2) is 18.3 Å². The molecule has 0 bridgehead atoms. The van der Waals surface area contributed by atoms with E-state index < -0.39 is 0 Å². The molecule has 1 aromatic rings. The molecule has 0 unspecified atom stereocenters. The number of aromatic nitrogens is 1. The Bertz CT molecular complexity index is 419. The van der Waals surface area contributed by atoms with Crippen LogP contribution in [0.5, 0.6) is 0 Å². The SMILES string of the molecule is CCNc1cccnc1N1CCN(CCCCCCO)CC1. The number of hydrogen-bond acceptors (Lipinski definition) is 5. The number of aliphatic hydroxyl groups is 1. The van der Waals surface area contributed by atoms with Gasteiger partial charge in [0.1, 0.15) is 0 Å². The predicted molar refractivity (Wildman–Crippen MR) is 92.6 cm³/mol. The van der Waals surface area contributed by atoms with Gasteiger partial charge in [0.25, 0.3) is 0 Å². The zero-order valence-corrected chi connectivity index (χ0v) is 13.8. The lowest BCUT2D eigenvalue weighted by atomic mass is 10.2. The summed E-state index contributed by atoms with van der Waals surface area (Å²) < 4.78 is 0. The largest absolute Gasteiger partial charge is 0.396 e. The van der Waals surface area contributed by atoms with E-state index in [4.69, 9.17) is 5.11 Å². The minimum absolute atomic E-state index is 0.330. The topological polar surface area (TPSA) is 51.6 Å². The molecule has 124 valence electrons. The molecule has 0 atom stereocenters. The molecule has 2 N–H and O–H groups in total. The van der Waals surface area contributed by atoms with Gasteiger partial charge in [-0.05, 0) is 38.4 Å². The molecule has 5 heteroatoms. The Morgan fingerprint density at radius 1 is 1.14 bits per heavy atom. The Kier molecular flexibility index (Phi) is 7.46. The molecule has 1 aliphatic rings. The third-order valence-corrected chi connectivity index (χ3v) is 4.21. The Balaban J connectivity index is 1.75. The van der Waals surface area contributed by atoms with Crippen LogP contribution >= 0.6 is 0 Å². The van der Waals surface area contributed by atoms with Gasteiger partial charge >= 0.3 is 0 Å². The van der Waals surface area contributed by atoms with Crippen LogP contribution in [0.25, 0.3) is 0 Å². The van der Waals surface area contributed by atoms with Crippen molar-refractivity contribution in [3.8, 4) is 0 Å². The summed E-state index contributed by atoms with van der Waals surface area (Å²) in [6.45, 7) is 8.87. The second-order valence-electron chi connectivity index (χ2n) is 5.87. The van der Waals surface area contributed by atoms with Crippen LogP contribution in [-0.4, -0.2) is 60.9 Å². The van der Waals surface area contributed by atoms with E-state index in [1.807, 2.05) is 12.3 Å². The number of anilines is 2. The summed E-state index contributed by atoms with van der Waals surface area (Å²) in [7, 11) is 0. The minimum atomic E-state index is 0.330. The van der Waals surface area contributed by atoms with E-state index in [0.717, 1.165) is 57.1 Å². The summed E-state index contributed by atoms with van der Waals surface area (Å²) in [5.74, 6) is 1.09. The average Bonchev–Trinajstić information content (AvgIpc) is 2.56. The summed E-state index contributed by atoms with van der Waals surface area (Å²) in [6.07, 6.45) is 6.44. The molecule has 2 rings (SSSR count). The fourth-order valence-corrected chi connectivity index (χ4v) is 2.96. The molecule has 0 radical (unpaired) electrons. The highest BCUT2D eigenvalue weighted by Crippen LogP contribution is 2.23. The first-order valence-corrected chi connectivity index (χ1v) is 8.62. The quantitative estimate of drug-likeness (QED) is 0.685. The van der Waals surface area contributed by atoms with E-state index in [0.29, 0.717) is 6.61 Å². The van der Waals surface area contributed by atoms with Crippen LogP contribution in [0, 0.1) is 0 Å². The predicted octanol–water partition coefficient (Wildman–Crippen LogP) is 2.19. The fraction of sp³-hybridized carbons (Fsp3) is 0.706. The second kappa shape index (κ2) is 9.64. The Morgan fingerprint density at radius 2 is 1.91 bits per heavy atom. The summed E-state index contributed by atoms with van der Waals surface area (Å²) in [6, 6.07) is 4.10.